The van der Waals surface area contributed by atoms with E-state index in [2.05, 4.69) is 10.4 Å². The molecule has 1 N–H and O–H groups in total. The maximum atomic E-state index is 11.7. The minimum absolute atomic E-state index is 0.0246. The number of nitriles is 1. The number of hydrogen-bond acceptors (Lipinski definition) is 3. The number of carbonyl (C=O) groups excluding carboxylic acids is 1. The van der Waals surface area contributed by atoms with Gasteiger partial charge in [0.05, 0.1) is 18.3 Å². The average Bonchev–Trinajstić information content (AvgIpc) is 2.61. The van der Waals surface area contributed by atoms with Crippen LogP contribution in [0.1, 0.15) is 19.5 Å². The number of aromatic nitrogens is 2. The number of carbonyl (C=O) groups is 1. The molecule has 1 unspecified atom stereocenters. The maximum absolute atomic E-state index is 11.7. The first-order valence-electron chi connectivity index (χ1n) is 5.20. The molecule has 0 fully saturated rings. The van der Waals surface area contributed by atoms with Gasteiger partial charge >= 0.3 is 0 Å². The van der Waals surface area contributed by atoms with Crippen molar-refractivity contribution in [3.05, 3.63) is 18.0 Å². The quantitative estimate of drug-likeness (QED) is 0.817. The number of aryl methyl sites for hydroxylation is 1. The SMILES string of the molecule is CC(C)C(C#N)C(=O)NCc1ccnn1C. The zero-order valence-corrected chi connectivity index (χ0v) is 9.77. The molecule has 1 aromatic rings. The molecule has 0 radical (unpaired) electrons. The lowest BCUT2D eigenvalue weighted by Gasteiger charge is -2.12. The van der Waals surface area contributed by atoms with Gasteiger partial charge in [0.25, 0.3) is 0 Å². The second kappa shape index (κ2) is 5.31. The summed E-state index contributed by atoms with van der Waals surface area (Å²) in [7, 11) is 1.81. The highest BCUT2D eigenvalue weighted by atomic mass is 16.1. The fourth-order valence-electron chi connectivity index (χ4n) is 1.37. The minimum Gasteiger partial charge on any atom is -0.349 e. The summed E-state index contributed by atoms with van der Waals surface area (Å²) in [5.41, 5.74) is 0.911. The van der Waals surface area contributed by atoms with Crippen LogP contribution in [0.4, 0.5) is 0 Å². The lowest BCUT2D eigenvalue weighted by atomic mass is 9.97. The monoisotopic (exact) mass is 220 g/mol. The molecular formula is C11H16N4O. The lowest BCUT2D eigenvalue weighted by molar-refractivity contribution is -0.124. The third kappa shape index (κ3) is 2.83. The maximum Gasteiger partial charge on any atom is 0.237 e. The van der Waals surface area contributed by atoms with E-state index >= 15 is 0 Å². The van der Waals surface area contributed by atoms with Crippen molar-refractivity contribution in [2.75, 3.05) is 0 Å². The van der Waals surface area contributed by atoms with Crippen LogP contribution in [0.25, 0.3) is 0 Å². The van der Waals surface area contributed by atoms with Crippen molar-refractivity contribution >= 4 is 5.91 Å². The van der Waals surface area contributed by atoms with Crippen LogP contribution < -0.4 is 5.32 Å². The van der Waals surface area contributed by atoms with Gasteiger partial charge in [0.1, 0.15) is 5.92 Å². The summed E-state index contributed by atoms with van der Waals surface area (Å²) in [5.74, 6) is -0.788. The number of rotatable bonds is 4. The summed E-state index contributed by atoms with van der Waals surface area (Å²) >= 11 is 0. The van der Waals surface area contributed by atoms with E-state index in [9.17, 15) is 4.79 Å². The van der Waals surface area contributed by atoms with Crippen LogP contribution in [0.3, 0.4) is 0 Å². The number of nitrogens with one attached hydrogen (secondary N) is 1. The molecule has 1 atom stereocenters. The van der Waals surface area contributed by atoms with Gasteiger partial charge < -0.3 is 5.32 Å². The number of hydrogen-bond donors (Lipinski definition) is 1. The van der Waals surface area contributed by atoms with Crippen molar-refractivity contribution in [2.24, 2.45) is 18.9 Å². The Bertz CT molecular complexity index is 402. The third-order valence-electron chi connectivity index (χ3n) is 2.45. The summed E-state index contributed by atoms with van der Waals surface area (Å²) in [6.45, 7) is 4.12. The molecule has 5 heteroatoms. The van der Waals surface area contributed by atoms with Gasteiger partial charge in [-0.25, -0.2) is 0 Å². The molecule has 0 aromatic carbocycles. The Kier molecular flexibility index (Phi) is 4.06. The third-order valence-corrected chi connectivity index (χ3v) is 2.45. The molecule has 0 aliphatic rings. The molecule has 1 aromatic heterocycles. The van der Waals surface area contributed by atoms with Crippen LogP contribution in [0, 0.1) is 23.2 Å². The Morgan fingerprint density at radius 1 is 1.69 bits per heavy atom. The van der Waals surface area contributed by atoms with Gasteiger partial charge in [0, 0.05) is 13.2 Å². The molecule has 0 saturated heterocycles. The Hall–Kier alpha value is -1.83. The molecule has 0 aliphatic heterocycles. The highest BCUT2D eigenvalue weighted by Crippen LogP contribution is 2.09. The van der Waals surface area contributed by atoms with Gasteiger partial charge in [-0.15, -0.1) is 0 Å². The average molecular weight is 220 g/mol. The van der Waals surface area contributed by atoms with Crippen LogP contribution in [-0.2, 0) is 18.4 Å². The van der Waals surface area contributed by atoms with E-state index in [1.165, 1.54) is 0 Å². The Balaban J connectivity index is 2.53. The number of amides is 1. The van der Waals surface area contributed by atoms with Crippen molar-refractivity contribution in [3.63, 3.8) is 0 Å². The molecule has 0 bridgehead atoms. The molecule has 0 spiro atoms. The summed E-state index contributed by atoms with van der Waals surface area (Å²) in [5, 5.41) is 15.6. The first-order valence-corrected chi connectivity index (χ1v) is 5.20. The number of nitrogens with zero attached hydrogens (tertiary/aromatic N) is 3. The second-order valence-corrected chi connectivity index (χ2v) is 4.01. The lowest BCUT2D eigenvalue weighted by Crippen LogP contribution is -2.32. The predicted molar refractivity (Wildman–Crippen MR) is 59.0 cm³/mol. The van der Waals surface area contributed by atoms with Gasteiger partial charge in [0.15, 0.2) is 0 Å². The fourth-order valence-corrected chi connectivity index (χ4v) is 1.37. The standard InChI is InChI=1S/C11H16N4O/c1-8(2)10(6-12)11(16)13-7-9-4-5-14-15(9)3/h4-5,8,10H,7H2,1-3H3,(H,13,16). The van der Waals surface area contributed by atoms with Crippen LogP contribution in [0.2, 0.25) is 0 Å². The van der Waals surface area contributed by atoms with Gasteiger partial charge in [0.2, 0.25) is 5.91 Å². The molecule has 1 amide bonds. The normalized spacial score (nSPS) is 12.2. The van der Waals surface area contributed by atoms with Crippen LogP contribution in [-0.4, -0.2) is 15.7 Å². The molecule has 0 aliphatic carbocycles. The molecular weight excluding hydrogens is 204 g/mol. The van der Waals surface area contributed by atoms with Gasteiger partial charge in [-0.05, 0) is 12.0 Å². The summed E-state index contributed by atoms with van der Waals surface area (Å²) in [6, 6.07) is 3.84. The van der Waals surface area contributed by atoms with Crippen molar-refractivity contribution in [2.45, 2.75) is 20.4 Å². The van der Waals surface area contributed by atoms with Crippen molar-refractivity contribution in [3.8, 4) is 6.07 Å². The van der Waals surface area contributed by atoms with Crippen molar-refractivity contribution in [1.29, 1.82) is 5.26 Å². The molecule has 0 saturated carbocycles. The van der Waals surface area contributed by atoms with Crippen molar-refractivity contribution in [1.82, 2.24) is 15.1 Å². The second-order valence-electron chi connectivity index (χ2n) is 4.01. The van der Waals surface area contributed by atoms with E-state index in [4.69, 9.17) is 5.26 Å². The van der Waals surface area contributed by atoms with E-state index in [1.54, 1.807) is 10.9 Å². The molecule has 1 rings (SSSR count). The van der Waals surface area contributed by atoms with E-state index in [1.807, 2.05) is 33.0 Å². The van der Waals surface area contributed by atoms with Gasteiger partial charge in [-0.1, -0.05) is 13.8 Å². The molecule has 16 heavy (non-hydrogen) atoms. The first kappa shape index (κ1) is 12.2. The Morgan fingerprint density at radius 3 is 2.81 bits per heavy atom. The summed E-state index contributed by atoms with van der Waals surface area (Å²) < 4.78 is 1.69. The fraction of sp³-hybridized carbons (Fsp3) is 0.545. The van der Waals surface area contributed by atoms with Gasteiger partial charge in [-0.2, -0.15) is 10.4 Å². The van der Waals surface area contributed by atoms with E-state index in [0.717, 1.165) is 5.69 Å². The first-order chi connectivity index (χ1) is 7.56. The minimum atomic E-state index is -0.590. The zero-order chi connectivity index (χ0) is 12.1. The van der Waals surface area contributed by atoms with Crippen LogP contribution in [0.5, 0.6) is 0 Å². The molecule has 86 valence electrons. The smallest absolute Gasteiger partial charge is 0.237 e. The van der Waals surface area contributed by atoms with E-state index < -0.39 is 5.92 Å². The Labute approximate surface area is 95.1 Å². The molecule has 5 nitrogen and oxygen atoms in total. The zero-order valence-electron chi connectivity index (χ0n) is 9.77. The highest BCUT2D eigenvalue weighted by molar-refractivity contribution is 5.81. The topological polar surface area (TPSA) is 70.7 Å². The molecule has 1 heterocycles. The van der Waals surface area contributed by atoms with Crippen LogP contribution in [0.15, 0.2) is 12.3 Å². The van der Waals surface area contributed by atoms with E-state index in [-0.39, 0.29) is 11.8 Å². The summed E-state index contributed by atoms with van der Waals surface area (Å²) in [4.78, 5) is 11.7. The van der Waals surface area contributed by atoms with Crippen LogP contribution >= 0.6 is 0 Å². The predicted octanol–water partition coefficient (Wildman–Crippen LogP) is 0.832. The summed E-state index contributed by atoms with van der Waals surface area (Å²) in [6.07, 6.45) is 1.67. The Morgan fingerprint density at radius 2 is 2.38 bits per heavy atom. The highest BCUT2D eigenvalue weighted by Gasteiger charge is 2.21. The van der Waals surface area contributed by atoms with Gasteiger partial charge in [-0.3, -0.25) is 9.48 Å². The van der Waals surface area contributed by atoms with Crippen molar-refractivity contribution < 1.29 is 4.79 Å². The largest absolute Gasteiger partial charge is 0.349 e. The van der Waals surface area contributed by atoms with E-state index in [0.29, 0.717) is 6.54 Å².